The molecule has 158 valence electrons. The molecule has 0 saturated heterocycles. The Morgan fingerprint density at radius 3 is 2.16 bits per heavy atom. The summed E-state index contributed by atoms with van der Waals surface area (Å²) in [6.45, 7) is 4.28. The smallest absolute Gasteiger partial charge is 0.196 e. The fraction of sp³-hybridized carbons (Fsp3) is 0.200. The van der Waals surface area contributed by atoms with Crippen LogP contribution < -0.4 is 9.47 Å². The van der Waals surface area contributed by atoms with Gasteiger partial charge in [-0.15, -0.1) is 10.2 Å². The van der Waals surface area contributed by atoms with Crippen LogP contribution in [0.1, 0.15) is 16.7 Å². The summed E-state index contributed by atoms with van der Waals surface area (Å²) >= 11 is 1.67. The average Bonchev–Trinajstić information content (AvgIpc) is 3.24. The molecule has 0 radical (unpaired) electrons. The highest BCUT2D eigenvalue weighted by molar-refractivity contribution is 7.98. The molecule has 5 nitrogen and oxygen atoms in total. The van der Waals surface area contributed by atoms with Crippen molar-refractivity contribution >= 4 is 11.8 Å². The maximum Gasteiger partial charge on any atom is 0.196 e. The standard InChI is InChI=1S/C25H25N3O2S/c1-17-10-11-19(12-18(17)2)16-31-25-27-26-24(28(25)21-8-6-5-7-9-21)20-13-22(29-3)15-23(14-20)30-4/h5-15H,16H2,1-4H3. The summed E-state index contributed by atoms with van der Waals surface area (Å²) in [5.41, 5.74) is 5.75. The maximum absolute atomic E-state index is 5.45. The van der Waals surface area contributed by atoms with Gasteiger partial charge >= 0.3 is 0 Å². The fourth-order valence-electron chi connectivity index (χ4n) is 3.34. The number of hydrogen-bond donors (Lipinski definition) is 0. The molecule has 0 amide bonds. The molecule has 31 heavy (non-hydrogen) atoms. The molecule has 0 atom stereocenters. The van der Waals surface area contributed by atoms with Gasteiger partial charge in [-0.3, -0.25) is 4.57 Å². The molecule has 0 bridgehead atoms. The highest BCUT2D eigenvalue weighted by Crippen LogP contribution is 2.33. The molecule has 1 heterocycles. The van der Waals surface area contributed by atoms with Gasteiger partial charge < -0.3 is 9.47 Å². The van der Waals surface area contributed by atoms with E-state index in [1.54, 1.807) is 26.0 Å². The van der Waals surface area contributed by atoms with Crippen molar-refractivity contribution in [2.45, 2.75) is 24.8 Å². The van der Waals surface area contributed by atoms with Crippen molar-refractivity contribution in [3.8, 4) is 28.6 Å². The van der Waals surface area contributed by atoms with Gasteiger partial charge in [0.2, 0.25) is 0 Å². The molecule has 0 aliphatic carbocycles. The van der Waals surface area contributed by atoms with E-state index in [1.807, 2.05) is 36.4 Å². The van der Waals surface area contributed by atoms with E-state index < -0.39 is 0 Å². The zero-order valence-corrected chi connectivity index (χ0v) is 18.9. The van der Waals surface area contributed by atoms with Crippen molar-refractivity contribution in [2.24, 2.45) is 0 Å². The molecule has 4 aromatic rings. The number of rotatable bonds is 7. The molecule has 1 aromatic heterocycles. The SMILES string of the molecule is COc1cc(OC)cc(-c2nnc(SCc3ccc(C)c(C)c3)n2-c2ccccc2)c1. The topological polar surface area (TPSA) is 49.2 Å². The first kappa shape index (κ1) is 21.0. The summed E-state index contributed by atoms with van der Waals surface area (Å²) in [5, 5.41) is 9.90. The normalized spacial score (nSPS) is 10.8. The molecule has 0 N–H and O–H groups in total. The van der Waals surface area contributed by atoms with E-state index in [0.717, 1.165) is 28.0 Å². The summed E-state index contributed by atoms with van der Waals surface area (Å²) in [6, 6.07) is 22.5. The van der Waals surface area contributed by atoms with Crippen molar-refractivity contribution in [3.63, 3.8) is 0 Å². The first-order valence-corrected chi connectivity index (χ1v) is 11.0. The number of nitrogens with zero attached hydrogens (tertiary/aromatic N) is 3. The molecule has 6 heteroatoms. The predicted molar refractivity (Wildman–Crippen MR) is 125 cm³/mol. The first-order chi connectivity index (χ1) is 15.1. The first-order valence-electron chi connectivity index (χ1n) is 10.0. The van der Waals surface area contributed by atoms with E-state index in [1.165, 1.54) is 16.7 Å². The Labute approximate surface area is 187 Å². The maximum atomic E-state index is 5.45. The van der Waals surface area contributed by atoms with E-state index in [9.17, 15) is 0 Å². The Morgan fingerprint density at radius 2 is 1.52 bits per heavy atom. The van der Waals surface area contributed by atoms with Gasteiger partial charge in [-0.1, -0.05) is 48.2 Å². The van der Waals surface area contributed by atoms with Crippen LogP contribution in [-0.4, -0.2) is 29.0 Å². The van der Waals surface area contributed by atoms with Crippen molar-refractivity contribution in [2.75, 3.05) is 14.2 Å². The molecule has 4 rings (SSSR count). The summed E-state index contributed by atoms with van der Waals surface area (Å²) in [6.07, 6.45) is 0. The lowest BCUT2D eigenvalue weighted by molar-refractivity contribution is 0.394. The van der Waals surface area contributed by atoms with Crippen molar-refractivity contribution in [1.29, 1.82) is 0 Å². The fourth-order valence-corrected chi connectivity index (χ4v) is 4.23. The lowest BCUT2D eigenvalue weighted by Crippen LogP contribution is -2.00. The number of methoxy groups -OCH3 is 2. The molecule has 0 unspecified atom stereocenters. The van der Waals surface area contributed by atoms with Crippen LogP contribution in [0, 0.1) is 13.8 Å². The number of para-hydroxylation sites is 1. The number of aryl methyl sites for hydroxylation is 2. The second-order valence-electron chi connectivity index (χ2n) is 7.29. The van der Waals surface area contributed by atoms with Gasteiger partial charge in [0, 0.05) is 23.1 Å². The molecule has 0 aliphatic rings. The van der Waals surface area contributed by atoms with Crippen LogP contribution in [0.25, 0.3) is 17.1 Å². The molecule has 0 fully saturated rings. The lowest BCUT2D eigenvalue weighted by Gasteiger charge is -2.12. The third-order valence-electron chi connectivity index (χ3n) is 5.20. The van der Waals surface area contributed by atoms with Gasteiger partial charge in [0.15, 0.2) is 11.0 Å². The van der Waals surface area contributed by atoms with E-state index >= 15 is 0 Å². The van der Waals surface area contributed by atoms with E-state index in [2.05, 4.69) is 58.9 Å². The minimum atomic E-state index is 0.710. The summed E-state index contributed by atoms with van der Waals surface area (Å²) in [4.78, 5) is 0. The second-order valence-corrected chi connectivity index (χ2v) is 8.23. The Bertz CT molecular complexity index is 1170. The molecular formula is C25H25N3O2S. The minimum Gasteiger partial charge on any atom is -0.497 e. The third kappa shape index (κ3) is 4.59. The van der Waals surface area contributed by atoms with E-state index in [0.29, 0.717) is 11.5 Å². The van der Waals surface area contributed by atoms with Gasteiger partial charge in [0.25, 0.3) is 0 Å². The Hall–Kier alpha value is -3.25. The quantitative estimate of drug-likeness (QED) is 0.343. The van der Waals surface area contributed by atoms with Crippen molar-refractivity contribution < 1.29 is 9.47 Å². The van der Waals surface area contributed by atoms with Crippen LogP contribution in [-0.2, 0) is 5.75 Å². The Morgan fingerprint density at radius 1 is 0.806 bits per heavy atom. The van der Waals surface area contributed by atoms with E-state index in [-0.39, 0.29) is 0 Å². The van der Waals surface area contributed by atoms with Crippen molar-refractivity contribution in [1.82, 2.24) is 14.8 Å². The van der Waals surface area contributed by atoms with Crippen LogP contribution in [0.3, 0.4) is 0 Å². The summed E-state index contributed by atoms with van der Waals surface area (Å²) in [5.74, 6) is 2.97. The molecule has 0 spiro atoms. The molecule has 0 saturated carbocycles. The highest BCUT2D eigenvalue weighted by atomic mass is 32.2. The number of benzene rings is 3. The predicted octanol–water partition coefficient (Wildman–Crippen LogP) is 5.86. The molecule has 3 aromatic carbocycles. The van der Waals surface area contributed by atoms with E-state index in [4.69, 9.17) is 9.47 Å². The van der Waals surface area contributed by atoms with Gasteiger partial charge in [-0.25, -0.2) is 0 Å². The van der Waals surface area contributed by atoms with Gasteiger partial charge in [-0.2, -0.15) is 0 Å². The molecule has 0 aliphatic heterocycles. The lowest BCUT2D eigenvalue weighted by atomic mass is 10.1. The number of ether oxygens (including phenoxy) is 2. The number of hydrogen-bond acceptors (Lipinski definition) is 5. The third-order valence-corrected chi connectivity index (χ3v) is 6.20. The van der Waals surface area contributed by atoms with Crippen LogP contribution in [0.4, 0.5) is 0 Å². The van der Waals surface area contributed by atoms with Gasteiger partial charge in [-0.05, 0) is 54.8 Å². The number of aromatic nitrogens is 3. The average molecular weight is 432 g/mol. The Balaban J connectivity index is 1.75. The largest absolute Gasteiger partial charge is 0.497 e. The zero-order chi connectivity index (χ0) is 21.8. The number of thioether (sulfide) groups is 1. The summed E-state index contributed by atoms with van der Waals surface area (Å²) in [7, 11) is 3.29. The minimum absolute atomic E-state index is 0.710. The van der Waals surface area contributed by atoms with Gasteiger partial charge in [0.05, 0.1) is 14.2 Å². The summed E-state index contributed by atoms with van der Waals surface area (Å²) < 4.78 is 13.0. The highest BCUT2D eigenvalue weighted by Gasteiger charge is 2.18. The monoisotopic (exact) mass is 431 g/mol. The zero-order valence-electron chi connectivity index (χ0n) is 18.1. The van der Waals surface area contributed by atoms with Crippen molar-refractivity contribution in [3.05, 3.63) is 83.4 Å². The second kappa shape index (κ2) is 9.27. The van der Waals surface area contributed by atoms with Crippen LogP contribution in [0.2, 0.25) is 0 Å². The van der Waals surface area contributed by atoms with Crippen LogP contribution in [0.15, 0.2) is 71.9 Å². The van der Waals surface area contributed by atoms with Crippen LogP contribution >= 0.6 is 11.8 Å². The molecular weight excluding hydrogens is 406 g/mol. The Kier molecular flexibility index (Phi) is 6.28. The van der Waals surface area contributed by atoms with Gasteiger partial charge in [0.1, 0.15) is 11.5 Å². The van der Waals surface area contributed by atoms with Crippen LogP contribution in [0.5, 0.6) is 11.5 Å².